The second-order valence-electron chi connectivity index (χ2n) is 3.98. The fraction of sp³-hybridized carbons (Fsp3) is 0.455. The number of hydrogen-bond donors (Lipinski definition) is 1. The Hall–Kier alpha value is -1.30. The highest BCUT2D eigenvalue weighted by atomic mass is 32.2. The lowest BCUT2D eigenvalue weighted by Gasteiger charge is -2.18. The van der Waals surface area contributed by atoms with E-state index in [1.54, 1.807) is 32.0 Å². The van der Waals surface area contributed by atoms with Gasteiger partial charge in [0.25, 0.3) is 0 Å². The van der Waals surface area contributed by atoms with Gasteiger partial charge in [0.05, 0.1) is 17.1 Å². The zero-order valence-electron chi connectivity index (χ0n) is 10.2. The molecular weight excluding hydrogens is 243 g/mol. The Kier molecular flexibility index (Phi) is 4.34. The molecule has 0 bridgehead atoms. The molecule has 4 nitrogen and oxygen atoms in total. The second kappa shape index (κ2) is 5.35. The molecule has 0 aliphatic carbocycles. The van der Waals surface area contributed by atoms with Gasteiger partial charge in [-0.15, -0.1) is 0 Å². The standard InChI is InChI=1S/C11H17FN2O2S/c1-4-7-17(15,16)13-10-8-9(12)5-6-11(10)14(2)3/h5-6,8,13H,4,7H2,1-3H3. The lowest BCUT2D eigenvalue weighted by atomic mass is 10.2. The smallest absolute Gasteiger partial charge is 0.232 e. The molecule has 6 heteroatoms. The van der Waals surface area contributed by atoms with E-state index in [-0.39, 0.29) is 11.4 Å². The molecule has 0 aromatic heterocycles. The van der Waals surface area contributed by atoms with Gasteiger partial charge in [0.2, 0.25) is 10.0 Å². The highest BCUT2D eigenvalue weighted by molar-refractivity contribution is 7.92. The van der Waals surface area contributed by atoms with E-state index in [1.165, 1.54) is 12.1 Å². The van der Waals surface area contributed by atoms with Gasteiger partial charge < -0.3 is 4.90 Å². The van der Waals surface area contributed by atoms with Crippen molar-refractivity contribution >= 4 is 21.4 Å². The van der Waals surface area contributed by atoms with Crippen LogP contribution in [0.3, 0.4) is 0 Å². The summed E-state index contributed by atoms with van der Waals surface area (Å²) in [5.74, 6) is -0.444. The van der Waals surface area contributed by atoms with Gasteiger partial charge in [-0.2, -0.15) is 0 Å². The molecule has 0 saturated heterocycles. The summed E-state index contributed by atoms with van der Waals surface area (Å²) in [6.45, 7) is 1.78. The summed E-state index contributed by atoms with van der Waals surface area (Å²) in [5, 5.41) is 0. The first-order valence-electron chi connectivity index (χ1n) is 5.33. The third-order valence-electron chi connectivity index (χ3n) is 2.18. The van der Waals surface area contributed by atoms with Crippen LogP contribution in [0.1, 0.15) is 13.3 Å². The summed E-state index contributed by atoms with van der Waals surface area (Å²) < 4.78 is 38.8. The normalized spacial score (nSPS) is 11.3. The molecule has 1 N–H and O–H groups in total. The molecule has 0 aliphatic rings. The van der Waals surface area contributed by atoms with Gasteiger partial charge in [0.1, 0.15) is 5.82 Å². The fourth-order valence-corrected chi connectivity index (χ4v) is 2.61. The summed E-state index contributed by atoms with van der Waals surface area (Å²) in [7, 11) is 0.137. The van der Waals surface area contributed by atoms with Crippen molar-refractivity contribution in [2.24, 2.45) is 0 Å². The van der Waals surface area contributed by atoms with Crippen LogP contribution >= 0.6 is 0 Å². The van der Waals surface area contributed by atoms with Crippen LogP contribution in [-0.4, -0.2) is 28.3 Å². The van der Waals surface area contributed by atoms with E-state index >= 15 is 0 Å². The Labute approximate surface area is 101 Å². The summed E-state index contributed by atoms with van der Waals surface area (Å²) >= 11 is 0. The zero-order valence-corrected chi connectivity index (χ0v) is 11.0. The van der Waals surface area contributed by atoms with Crippen LogP contribution in [0.25, 0.3) is 0 Å². The van der Waals surface area contributed by atoms with Gasteiger partial charge in [-0.3, -0.25) is 4.72 Å². The van der Waals surface area contributed by atoms with Crippen LogP contribution in [0.5, 0.6) is 0 Å². The first-order chi connectivity index (χ1) is 7.85. The van der Waals surface area contributed by atoms with Crippen LogP contribution < -0.4 is 9.62 Å². The molecule has 1 rings (SSSR count). The van der Waals surface area contributed by atoms with Crippen LogP contribution in [-0.2, 0) is 10.0 Å². The molecule has 1 aromatic rings. The number of benzene rings is 1. The van der Waals surface area contributed by atoms with Crippen molar-refractivity contribution < 1.29 is 12.8 Å². The summed E-state index contributed by atoms with van der Waals surface area (Å²) in [6, 6.07) is 4.02. The highest BCUT2D eigenvalue weighted by Crippen LogP contribution is 2.26. The van der Waals surface area contributed by atoms with Crippen molar-refractivity contribution in [3.05, 3.63) is 24.0 Å². The summed E-state index contributed by atoms with van der Waals surface area (Å²) in [6.07, 6.45) is 0.516. The van der Waals surface area contributed by atoms with Crippen molar-refractivity contribution in [3.8, 4) is 0 Å². The van der Waals surface area contributed by atoms with E-state index in [9.17, 15) is 12.8 Å². The third kappa shape index (κ3) is 3.89. The maximum atomic E-state index is 13.1. The number of nitrogens with one attached hydrogen (secondary N) is 1. The summed E-state index contributed by atoms with van der Waals surface area (Å²) in [5.41, 5.74) is 0.898. The third-order valence-corrected chi connectivity index (χ3v) is 3.66. The molecule has 0 spiro atoms. The number of rotatable bonds is 5. The van der Waals surface area contributed by atoms with Crippen molar-refractivity contribution in [2.75, 3.05) is 29.5 Å². The molecule has 96 valence electrons. The lowest BCUT2D eigenvalue weighted by Crippen LogP contribution is -2.19. The van der Waals surface area contributed by atoms with Gasteiger partial charge in [-0.05, 0) is 18.6 Å². The molecule has 0 aliphatic heterocycles. The molecule has 0 amide bonds. The lowest BCUT2D eigenvalue weighted by molar-refractivity contribution is 0.599. The van der Waals surface area contributed by atoms with E-state index < -0.39 is 15.8 Å². The van der Waals surface area contributed by atoms with Gasteiger partial charge in [0.15, 0.2) is 0 Å². The van der Waals surface area contributed by atoms with Gasteiger partial charge >= 0.3 is 0 Å². The predicted octanol–water partition coefficient (Wildman–Crippen LogP) is 2.04. The number of sulfonamides is 1. The number of anilines is 2. The van der Waals surface area contributed by atoms with Crippen molar-refractivity contribution in [2.45, 2.75) is 13.3 Å². The van der Waals surface area contributed by atoms with Crippen LogP contribution in [0.4, 0.5) is 15.8 Å². The van der Waals surface area contributed by atoms with Crippen molar-refractivity contribution in [1.82, 2.24) is 0 Å². The van der Waals surface area contributed by atoms with Crippen LogP contribution in [0.15, 0.2) is 18.2 Å². The van der Waals surface area contributed by atoms with E-state index in [0.717, 1.165) is 0 Å². The average Bonchev–Trinajstić information content (AvgIpc) is 2.15. The Bertz CT molecular complexity index is 486. The van der Waals surface area contributed by atoms with Gasteiger partial charge in [-0.1, -0.05) is 6.92 Å². The van der Waals surface area contributed by atoms with Gasteiger partial charge in [0, 0.05) is 20.2 Å². The summed E-state index contributed by atoms with van der Waals surface area (Å²) in [4.78, 5) is 1.73. The SMILES string of the molecule is CCCS(=O)(=O)Nc1cc(F)ccc1N(C)C. The molecule has 1 aromatic carbocycles. The molecule has 0 saturated carbocycles. The predicted molar refractivity (Wildman–Crippen MR) is 68.4 cm³/mol. The minimum Gasteiger partial charge on any atom is -0.376 e. The minimum atomic E-state index is -3.40. The minimum absolute atomic E-state index is 0.0242. The van der Waals surface area contributed by atoms with E-state index in [1.807, 2.05) is 0 Å². The zero-order chi connectivity index (χ0) is 13.1. The van der Waals surface area contributed by atoms with E-state index in [0.29, 0.717) is 12.1 Å². The average molecular weight is 260 g/mol. The first-order valence-corrected chi connectivity index (χ1v) is 6.98. The van der Waals surface area contributed by atoms with E-state index in [2.05, 4.69) is 4.72 Å². The topological polar surface area (TPSA) is 49.4 Å². The van der Waals surface area contributed by atoms with Crippen LogP contribution in [0.2, 0.25) is 0 Å². The largest absolute Gasteiger partial charge is 0.376 e. The Morgan fingerprint density at radius 2 is 2.00 bits per heavy atom. The first kappa shape index (κ1) is 13.8. The number of hydrogen-bond acceptors (Lipinski definition) is 3. The Morgan fingerprint density at radius 1 is 1.35 bits per heavy atom. The maximum Gasteiger partial charge on any atom is 0.232 e. The number of nitrogens with zero attached hydrogens (tertiary/aromatic N) is 1. The highest BCUT2D eigenvalue weighted by Gasteiger charge is 2.13. The molecule has 0 unspecified atom stereocenters. The molecule has 0 atom stereocenters. The number of halogens is 1. The van der Waals surface area contributed by atoms with Crippen LogP contribution in [0, 0.1) is 5.82 Å². The molecular formula is C11H17FN2O2S. The van der Waals surface area contributed by atoms with Gasteiger partial charge in [-0.25, -0.2) is 12.8 Å². The Morgan fingerprint density at radius 3 is 2.53 bits per heavy atom. The van der Waals surface area contributed by atoms with E-state index in [4.69, 9.17) is 0 Å². The fourth-order valence-electron chi connectivity index (χ4n) is 1.47. The van der Waals surface area contributed by atoms with Crippen molar-refractivity contribution in [1.29, 1.82) is 0 Å². The molecule has 0 radical (unpaired) electrons. The molecule has 0 fully saturated rings. The Balaban J connectivity index is 3.08. The maximum absolute atomic E-state index is 13.1. The second-order valence-corrected chi connectivity index (χ2v) is 5.82. The molecule has 0 heterocycles. The van der Waals surface area contributed by atoms with Crippen molar-refractivity contribution in [3.63, 3.8) is 0 Å². The monoisotopic (exact) mass is 260 g/mol. The molecule has 17 heavy (non-hydrogen) atoms. The quantitative estimate of drug-likeness (QED) is 0.881.